The molecule has 0 saturated carbocycles. The van der Waals surface area contributed by atoms with E-state index in [0.717, 1.165) is 19.4 Å². The second kappa shape index (κ2) is 7.29. The molecule has 0 spiro atoms. The van der Waals surface area contributed by atoms with Gasteiger partial charge in [-0.2, -0.15) is 0 Å². The Kier molecular flexibility index (Phi) is 5.61. The van der Waals surface area contributed by atoms with Crippen LogP contribution < -0.4 is 20.1 Å². The van der Waals surface area contributed by atoms with E-state index >= 15 is 0 Å². The van der Waals surface area contributed by atoms with Crippen LogP contribution in [0.1, 0.15) is 30.1 Å². The molecule has 1 aromatic rings. The molecule has 1 aliphatic rings. The SMILES string of the molecule is CNS(=O)(=O)c1cc(C(=O)NC2CCNC(C)C2)ccc1OC. The molecule has 1 aromatic carbocycles. The second-order valence-corrected chi connectivity index (χ2v) is 7.48. The third-order valence-electron chi connectivity index (χ3n) is 3.94. The van der Waals surface area contributed by atoms with E-state index in [1.54, 1.807) is 6.07 Å². The van der Waals surface area contributed by atoms with Crippen LogP contribution in [-0.4, -0.2) is 47.1 Å². The lowest BCUT2D eigenvalue weighted by Gasteiger charge is -2.28. The van der Waals surface area contributed by atoms with Gasteiger partial charge in [0.2, 0.25) is 10.0 Å². The Morgan fingerprint density at radius 3 is 2.74 bits per heavy atom. The molecule has 128 valence electrons. The molecule has 0 radical (unpaired) electrons. The number of sulfonamides is 1. The summed E-state index contributed by atoms with van der Waals surface area (Å²) in [5.74, 6) is -0.0781. The van der Waals surface area contributed by atoms with Crippen LogP contribution in [0.5, 0.6) is 5.75 Å². The Morgan fingerprint density at radius 1 is 1.39 bits per heavy atom. The quantitative estimate of drug-likeness (QED) is 0.724. The average molecular weight is 341 g/mol. The van der Waals surface area contributed by atoms with Gasteiger partial charge in [-0.05, 0) is 51.6 Å². The number of rotatable bonds is 5. The fourth-order valence-electron chi connectivity index (χ4n) is 2.67. The predicted octanol–water partition coefficient (Wildman–Crippen LogP) is 0.474. The number of nitrogens with one attached hydrogen (secondary N) is 3. The van der Waals surface area contributed by atoms with Crippen molar-refractivity contribution in [3.63, 3.8) is 0 Å². The maximum absolute atomic E-state index is 12.4. The van der Waals surface area contributed by atoms with Crippen molar-refractivity contribution in [3.8, 4) is 5.75 Å². The van der Waals surface area contributed by atoms with Crippen LogP contribution in [0.15, 0.2) is 23.1 Å². The molecule has 1 amide bonds. The average Bonchev–Trinajstić information content (AvgIpc) is 2.54. The summed E-state index contributed by atoms with van der Waals surface area (Å²) in [5, 5.41) is 6.29. The van der Waals surface area contributed by atoms with E-state index in [1.807, 2.05) is 0 Å². The molecule has 2 unspecified atom stereocenters. The lowest BCUT2D eigenvalue weighted by atomic mass is 10.0. The van der Waals surface area contributed by atoms with E-state index in [9.17, 15) is 13.2 Å². The van der Waals surface area contributed by atoms with Crippen molar-refractivity contribution < 1.29 is 17.9 Å². The summed E-state index contributed by atoms with van der Waals surface area (Å²) in [4.78, 5) is 12.4. The van der Waals surface area contributed by atoms with Crippen molar-refractivity contribution >= 4 is 15.9 Å². The number of ether oxygens (including phenoxy) is 1. The number of hydrogen-bond acceptors (Lipinski definition) is 5. The minimum atomic E-state index is -3.70. The third kappa shape index (κ3) is 4.21. The molecule has 23 heavy (non-hydrogen) atoms. The molecule has 1 fully saturated rings. The van der Waals surface area contributed by atoms with E-state index in [-0.39, 0.29) is 22.6 Å². The largest absolute Gasteiger partial charge is 0.495 e. The third-order valence-corrected chi connectivity index (χ3v) is 5.38. The van der Waals surface area contributed by atoms with Crippen molar-refractivity contribution in [3.05, 3.63) is 23.8 Å². The van der Waals surface area contributed by atoms with E-state index in [4.69, 9.17) is 4.74 Å². The van der Waals surface area contributed by atoms with Crippen LogP contribution in [0.4, 0.5) is 0 Å². The molecule has 1 heterocycles. The normalized spacial score (nSPS) is 21.7. The lowest BCUT2D eigenvalue weighted by molar-refractivity contribution is 0.0925. The van der Waals surface area contributed by atoms with Crippen LogP contribution in [0, 0.1) is 0 Å². The van der Waals surface area contributed by atoms with E-state index < -0.39 is 10.0 Å². The van der Waals surface area contributed by atoms with E-state index in [2.05, 4.69) is 22.3 Å². The monoisotopic (exact) mass is 341 g/mol. The van der Waals surface area contributed by atoms with Gasteiger partial charge in [0, 0.05) is 17.6 Å². The molecular formula is C15H23N3O4S. The van der Waals surface area contributed by atoms with Gasteiger partial charge in [-0.3, -0.25) is 4.79 Å². The molecule has 1 aliphatic heterocycles. The number of carbonyl (C=O) groups excluding carboxylic acids is 1. The maximum Gasteiger partial charge on any atom is 0.251 e. The van der Waals surface area contributed by atoms with Gasteiger partial charge >= 0.3 is 0 Å². The van der Waals surface area contributed by atoms with E-state index in [0.29, 0.717) is 11.6 Å². The number of benzene rings is 1. The minimum absolute atomic E-state index is 0.0474. The number of piperidine rings is 1. The Morgan fingerprint density at radius 2 is 2.13 bits per heavy atom. The molecule has 3 N–H and O–H groups in total. The molecule has 1 saturated heterocycles. The van der Waals surface area contributed by atoms with Gasteiger partial charge in [0.25, 0.3) is 5.91 Å². The molecular weight excluding hydrogens is 318 g/mol. The molecule has 0 aromatic heterocycles. The maximum atomic E-state index is 12.4. The van der Waals surface area contributed by atoms with Gasteiger partial charge in [-0.15, -0.1) is 0 Å². The molecule has 7 nitrogen and oxygen atoms in total. The fourth-order valence-corrected chi connectivity index (χ4v) is 3.59. The highest BCUT2D eigenvalue weighted by molar-refractivity contribution is 7.89. The number of methoxy groups -OCH3 is 1. The van der Waals surface area contributed by atoms with Crippen LogP contribution >= 0.6 is 0 Å². The summed E-state index contributed by atoms with van der Waals surface area (Å²) < 4.78 is 31.4. The first-order valence-corrected chi connectivity index (χ1v) is 9.01. The van der Waals surface area contributed by atoms with Gasteiger partial charge < -0.3 is 15.4 Å². The summed E-state index contributed by atoms with van der Waals surface area (Å²) in [5.41, 5.74) is 0.297. The Balaban J connectivity index is 2.22. The fraction of sp³-hybridized carbons (Fsp3) is 0.533. The number of carbonyl (C=O) groups is 1. The lowest BCUT2D eigenvalue weighted by Crippen LogP contribution is -2.46. The summed E-state index contributed by atoms with van der Waals surface area (Å²) in [6, 6.07) is 4.83. The zero-order chi connectivity index (χ0) is 17.0. The van der Waals surface area contributed by atoms with Gasteiger partial charge in [-0.25, -0.2) is 13.1 Å². The Labute approximate surface area is 136 Å². The summed E-state index contributed by atoms with van der Waals surface area (Å²) in [7, 11) is -0.997. The molecule has 2 atom stereocenters. The highest BCUT2D eigenvalue weighted by Gasteiger charge is 2.23. The standard InChI is InChI=1S/C15H23N3O4S/c1-10-8-12(6-7-17-10)18-15(19)11-4-5-13(22-3)14(9-11)23(20,21)16-2/h4-5,9-10,12,16-17H,6-8H2,1-3H3,(H,18,19). The van der Waals surface area contributed by atoms with Crippen LogP contribution in [0.2, 0.25) is 0 Å². The topological polar surface area (TPSA) is 96.5 Å². The van der Waals surface area contributed by atoms with Crippen molar-refractivity contribution in [2.24, 2.45) is 0 Å². The second-order valence-electron chi connectivity index (χ2n) is 5.62. The molecule has 8 heteroatoms. The van der Waals surface area contributed by atoms with Gasteiger partial charge in [-0.1, -0.05) is 0 Å². The highest BCUT2D eigenvalue weighted by atomic mass is 32.2. The Bertz CT molecular complexity index is 675. The predicted molar refractivity (Wildman–Crippen MR) is 87.2 cm³/mol. The number of hydrogen-bond donors (Lipinski definition) is 3. The summed E-state index contributed by atoms with van der Waals surface area (Å²) >= 11 is 0. The van der Waals surface area contributed by atoms with E-state index in [1.165, 1.54) is 26.3 Å². The zero-order valence-electron chi connectivity index (χ0n) is 13.5. The van der Waals surface area contributed by atoms with Crippen molar-refractivity contribution in [2.75, 3.05) is 20.7 Å². The van der Waals surface area contributed by atoms with Gasteiger partial charge in [0.05, 0.1) is 7.11 Å². The zero-order valence-corrected chi connectivity index (χ0v) is 14.4. The van der Waals surface area contributed by atoms with Crippen LogP contribution in [0.3, 0.4) is 0 Å². The van der Waals surface area contributed by atoms with Crippen molar-refractivity contribution in [1.82, 2.24) is 15.4 Å². The first-order chi connectivity index (χ1) is 10.9. The minimum Gasteiger partial charge on any atom is -0.495 e. The molecule has 0 aliphatic carbocycles. The first kappa shape index (κ1) is 17.7. The number of amides is 1. The summed E-state index contributed by atoms with van der Waals surface area (Å²) in [6.45, 7) is 2.93. The van der Waals surface area contributed by atoms with Crippen molar-refractivity contribution in [2.45, 2.75) is 36.7 Å². The van der Waals surface area contributed by atoms with Gasteiger partial charge in [0.15, 0.2) is 0 Å². The smallest absolute Gasteiger partial charge is 0.251 e. The summed E-state index contributed by atoms with van der Waals surface area (Å²) in [6.07, 6.45) is 1.71. The Hall–Kier alpha value is -1.64. The first-order valence-electron chi connectivity index (χ1n) is 7.53. The van der Waals surface area contributed by atoms with Gasteiger partial charge in [0.1, 0.15) is 10.6 Å². The van der Waals surface area contributed by atoms with Crippen molar-refractivity contribution in [1.29, 1.82) is 0 Å². The molecule has 2 rings (SSSR count). The highest BCUT2D eigenvalue weighted by Crippen LogP contribution is 2.24. The van der Waals surface area contributed by atoms with Crippen LogP contribution in [0.25, 0.3) is 0 Å². The van der Waals surface area contributed by atoms with Crippen LogP contribution in [-0.2, 0) is 10.0 Å². The molecule has 0 bridgehead atoms.